The Morgan fingerprint density at radius 3 is 3.00 bits per heavy atom. The normalized spacial score (nSPS) is 38.6. The average molecular weight is 214 g/mol. The zero-order chi connectivity index (χ0) is 9.97. The molecule has 2 aliphatic heterocycles. The van der Waals surface area contributed by atoms with E-state index in [1.54, 1.807) is 0 Å². The summed E-state index contributed by atoms with van der Waals surface area (Å²) < 4.78 is 0. The molecule has 2 heterocycles. The molecule has 0 aromatic carbocycles. The molecular weight excluding hydrogens is 192 g/mol. The first-order valence-corrected chi connectivity index (χ1v) is 7.07. The van der Waals surface area contributed by atoms with Gasteiger partial charge in [-0.1, -0.05) is 6.92 Å². The third-order valence-corrected chi connectivity index (χ3v) is 4.68. The first-order chi connectivity index (χ1) is 6.79. The lowest BCUT2D eigenvalue weighted by Crippen LogP contribution is -2.45. The Morgan fingerprint density at radius 1 is 1.43 bits per heavy atom. The van der Waals surface area contributed by atoms with E-state index in [1.165, 1.54) is 39.0 Å². The molecule has 3 heteroatoms. The van der Waals surface area contributed by atoms with Gasteiger partial charge in [-0.05, 0) is 38.1 Å². The molecule has 1 N–H and O–H groups in total. The molecule has 0 radical (unpaired) electrons. The predicted octanol–water partition coefficient (Wildman–Crippen LogP) is 1.42. The number of rotatable bonds is 4. The Labute approximate surface area is 91.8 Å². The Balaban J connectivity index is 1.75. The van der Waals surface area contributed by atoms with E-state index in [9.17, 15) is 0 Å². The maximum Gasteiger partial charge on any atom is 0.0141 e. The summed E-state index contributed by atoms with van der Waals surface area (Å²) in [6.45, 7) is 7.51. The van der Waals surface area contributed by atoms with Gasteiger partial charge in [-0.15, -0.1) is 0 Å². The number of hydrogen-bond donors (Lipinski definition) is 1. The van der Waals surface area contributed by atoms with Crippen molar-refractivity contribution in [3.8, 4) is 0 Å². The highest BCUT2D eigenvalue weighted by Gasteiger charge is 2.33. The summed E-state index contributed by atoms with van der Waals surface area (Å²) in [4.78, 5) is 2.61. The van der Waals surface area contributed by atoms with E-state index in [-0.39, 0.29) is 0 Å². The van der Waals surface area contributed by atoms with E-state index < -0.39 is 0 Å². The Kier molecular flexibility index (Phi) is 3.74. The lowest BCUT2D eigenvalue weighted by atomic mass is 9.94. The van der Waals surface area contributed by atoms with Crippen molar-refractivity contribution in [1.82, 2.24) is 10.2 Å². The molecule has 0 aliphatic carbocycles. The molecule has 0 amide bonds. The second-order valence-corrected chi connectivity index (χ2v) is 5.98. The number of nitrogens with zero attached hydrogens (tertiary/aromatic N) is 1. The minimum absolute atomic E-state index is 0.759. The van der Waals surface area contributed by atoms with E-state index in [4.69, 9.17) is 0 Å². The van der Waals surface area contributed by atoms with Crippen LogP contribution in [0.15, 0.2) is 0 Å². The van der Waals surface area contributed by atoms with Crippen LogP contribution in [0.2, 0.25) is 0 Å². The maximum absolute atomic E-state index is 3.75. The standard InChI is InChI=1S/C11H22N2S/c1-9(14-2)7-12-11-4-6-13-5-3-10(11)8-13/h9-12H,3-8H2,1-2H3. The zero-order valence-corrected chi connectivity index (χ0v) is 10.1. The fourth-order valence-electron chi connectivity index (χ4n) is 2.62. The highest BCUT2D eigenvalue weighted by atomic mass is 32.2. The third-order valence-electron chi connectivity index (χ3n) is 3.70. The van der Waals surface area contributed by atoms with Gasteiger partial charge in [-0.2, -0.15) is 11.8 Å². The van der Waals surface area contributed by atoms with Crippen LogP contribution in [-0.2, 0) is 0 Å². The molecule has 2 saturated heterocycles. The molecule has 4 atom stereocenters. The first-order valence-electron chi connectivity index (χ1n) is 5.78. The Hall–Kier alpha value is 0.270. The molecule has 82 valence electrons. The van der Waals surface area contributed by atoms with Gasteiger partial charge in [0.15, 0.2) is 0 Å². The summed E-state index contributed by atoms with van der Waals surface area (Å²) in [5.41, 5.74) is 0. The summed E-state index contributed by atoms with van der Waals surface area (Å²) in [5, 5.41) is 4.51. The fourth-order valence-corrected chi connectivity index (χ4v) is 2.88. The van der Waals surface area contributed by atoms with Crippen LogP contribution in [0, 0.1) is 5.92 Å². The highest BCUT2D eigenvalue weighted by Crippen LogP contribution is 2.27. The SMILES string of the molecule is CSC(C)CNC1CCN2CCC1C2. The van der Waals surface area contributed by atoms with Crippen LogP contribution in [0.3, 0.4) is 0 Å². The van der Waals surface area contributed by atoms with Gasteiger partial charge < -0.3 is 10.2 Å². The van der Waals surface area contributed by atoms with Gasteiger partial charge in [0.1, 0.15) is 0 Å². The molecule has 2 rings (SSSR count). The van der Waals surface area contributed by atoms with Gasteiger partial charge in [-0.3, -0.25) is 0 Å². The minimum Gasteiger partial charge on any atom is -0.313 e. The van der Waals surface area contributed by atoms with Crippen molar-refractivity contribution in [2.24, 2.45) is 5.92 Å². The Morgan fingerprint density at radius 2 is 2.21 bits per heavy atom. The summed E-state index contributed by atoms with van der Waals surface area (Å²) in [6.07, 6.45) is 4.99. The van der Waals surface area contributed by atoms with Crippen LogP contribution in [0.5, 0.6) is 0 Å². The molecule has 14 heavy (non-hydrogen) atoms. The summed E-state index contributed by atoms with van der Waals surface area (Å²) in [5.74, 6) is 0.942. The minimum atomic E-state index is 0.759. The molecule has 2 bridgehead atoms. The maximum atomic E-state index is 3.75. The number of hydrogen-bond acceptors (Lipinski definition) is 3. The smallest absolute Gasteiger partial charge is 0.0141 e. The van der Waals surface area contributed by atoms with Crippen molar-refractivity contribution >= 4 is 11.8 Å². The number of thioether (sulfide) groups is 1. The highest BCUT2D eigenvalue weighted by molar-refractivity contribution is 7.99. The van der Waals surface area contributed by atoms with E-state index in [0.717, 1.165) is 17.2 Å². The quantitative estimate of drug-likeness (QED) is 0.762. The first kappa shape index (κ1) is 10.8. The second-order valence-electron chi connectivity index (χ2n) is 4.70. The molecule has 0 saturated carbocycles. The van der Waals surface area contributed by atoms with Crippen LogP contribution < -0.4 is 5.32 Å². The van der Waals surface area contributed by atoms with Crippen LogP contribution in [0.25, 0.3) is 0 Å². The van der Waals surface area contributed by atoms with E-state index in [0.29, 0.717) is 0 Å². The molecule has 0 aromatic rings. The molecule has 0 aromatic heterocycles. The van der Waals surface area contributed by atoms with Gasteiger partial charge in [0.25, 0.3) is 0 Å². The fraction of sp³-hybridized carbons (Fsp3) is 1.00. The van der Waals surface area contributed by atoms with Crippen molar-refractivity contribution in [3.05, 3.63) is 0 Å². The molecule has 2 fully saturated rings. The monoisotopic (exact) mass is 214 g/mol. The van der Waals surface area contributed by atoms with E-state index in [2.05, 4.69) is 23.4 Å². The van der Waals surface area contributed by atoms with Crippen LogP contribution >= 0.6 is 11.8 Å². The van der Waals surface area contributed by atoms with Gasteiger partial charge in [0.2, 0.25) is 0 Å². The van der Waals surface area contributed by atoms with Crippen molar-refractivity contribution in [2.45, 2.75) is 31.1 Å². The van der Waals surface area contributed by atoms with Crippen molar-refractivity contribution in [3.63, 3.8) is 0 Å². The van der Waals surface area contributed by atoms with Crippen molar-refractivity contribution in [2.75, 3.05) is 32.4 Å². The van der Waals surface area contributed by atoms with Crippen LogP contribution in [0.4, 0.5) is 0 Å². The number of fused-ring (bicyclic) bond motifs is 2. The summed E-state index contributed by atoms with van der Waals surface area (Å²) in [7, 11) is 0. The third kappa shape index (κ3) is 2.44. The van der Waals surface area contributed by atoms with Gasteiger partial charge in [0.05, 0.1) is 0 Å². The molecule has 4 unspecified atom stereocenters. The van der Waals surface area contributed by atoms with E-state index in [1.807, 2.05) is 11.8 Å². The summed E-state index contributed by atoms with van der Waals surface area (Å²) in [6, 6.07) is 0.809. The van der Waals surface area contributed by atoms with Gasteiger partial charge in [0, 0.05) is 24.4 Å². The molecular formula is C11H22N2S. The number of piperidine rings is 1. The van der Waals surface area contributed by atoms with Gasteiger partial charge >= 0.3 is 0 Å². The molecule has 0 spiro atoms. The van der Waals surface area contributed by atoms with Crippen LogP contribution in [-0.4, -0.2) is 48.6 Å². The zero-order valence-electron chi connectivity index (χ0n) is 9.33. The Bertz CT molecular complexity index is 186. The van der Waals surface area contributed by atoms with Crippen molar-refractivity contribution < 1.29 is 0 Å². The van der Waals surface area contributed by atoms with Gasteiger partial charge in [-0.25, -0.2) is 0 Å². The predicted molar refractivity (Wildman–Crippen MR) is 63.9 cm³/mol. The van der Waals surface area contributed by atoms with Crippen LogP contribution in [0.1, 0.15) is 19.8 Å². The topological polar surface area (TPSA) is 15.3 Å². The lowest BCUT2D eigenvalue weighted by molar-refractivity contribution is 0.222. The van der Waals surface area contributed by atoms with Crippen molar-refractivity contribution in [1.29, 1.82) is 0 Å². The average Bonchev–Trinajstić information content (AvgIpc) is 2.60. The van der Waals surface area contributed by atoms with E-state index >= 15 is 0 Å². The molecule has 2 aliphatic rings. The lowest BCUT2D eigenvalue weighted by Gasteiger charge is -2.31. The number of nitrogens with one attached hydrogen (secondary N) is 1. The second kappa shape index (κ2) is 4.86. The largest absolute Gasteiger partial charge is 0.313 e. The molecule has 2 nitrogen and oxygen atoms in total. The summed E-state index contributed by atoms with van der Waals surface area (Å²) >= 11 is 1.96.